The lowest BCUT2D eigenvalue weighted by molar-refractivity contribution is 0.572. The zero-order valence-corrected chi connectivity index (χ0v) is 13.1. The van der Waals surface area contributed by atoms with Crippen LogP contribution in [0.4, 0.5) is 0 Å². The SMILES string of the molecule is CSC1(CNS(=O)(=O)c2[nH]ncc2CNC2CC2)CC1. The van der Waals surface area contributed by atoms with Gasteiger partial charge in [0, 0.05) is 29.4 Å². The summed E-state index contributed by atoms with van der Waals surface area (Å²) in [5.74, 6) is 0. The molecule has 3 rings (SSSR count). The first-order valence-electron chi connectivity index (χ1n) is 6.85. The lowest BCUT2D eigenvalue weighted by Gasteiger charge is -2.13. The predicted molar refractivity (Wildman–Crippen MR) is 79.1 cm³/mol. The van der Waals surface area contributed by atoms with Gasteiger partial charge in [-0.15, -0.1) is 0 Å². The lowest BCUT2D eigenvalue weighted by Crippen LogP contribution is -2.32. The number of aromatic amines is 1. The Morgan fingerprint density at radius 1 is 1.50 bits per heavy atom. The number of aromatic nitrogens is 2. The Morgan fingerprint density at radius 3 is 2.85 bits per heavy atom. The monoisotopic (exact) mass is 316 g/mol. The molecule has 1 aromatic heterocycles. The molecule has 0 bridgehead atoms. The van der Waals surface area contributed by atoms with Crippen molar-refractivity contribution >= 4 is 21.8 Å². The quantitative estimate of drug-likeness (QED) is 0.661. The van der Waals surface area contributed by atoms with Crippen molar-refractivity contribution in [3.63, 3.8) is 0 Å². The number of nitrogens with one attached hydrogen (secondary N) is 3. The molecule has 1 aromatic rings. The summed E-state index contributed by atoms with van der Waals surface area (Å²) in [7, 11) is -3.50. The van der Waals surface area contributed by atoms with E-state index in [0.29, 0.717) is 24.7 Å². The van der Waals surface area contributed by atoms with Gasteiger partial charge in [-0.05, 0) is 31.9 Å². The highest BCUT2D eigenvalue weighted by atomic mass is 32.2. The average Bonchev–Trinajstić information content (AvgIpc) is 3.35. The lowest BCUT2D eigenvalue weighted by atomic mass is 10.3. The predicted octanol–water partition coefficient (Wildman–Crippen LogP) is 0.836. The van der Waals surface area contributed by atoms with E-state index in [1.165, 1.54) is 12.8 Å². The summed E-state index contributed by atoms with van der Waals surface area (Å²) in [5, 5.41) is 10.0. The molecule has 2 saturated carbocycles. The standard InChI is InChI=1S/C12H20N4O2S2/c1-19-12(4-5-12)8-15-20(17,18)11-9(7-14-16-11)6-13-10-2-3-10/h7,10,13,15H,2-6,8H2,1H3,(H,14,16). The molecular weight excluding hydrogens is 296 g/mol. The maximum absolute atomic E-state index is 12.3. The largest absolute Gasteiger partial charge is 0.310 e. The molecule has 20 heavy (non-hydrogen) atoms. The van der Waals surface area contributed by atoms with Crippen LogP contribution in [0.25, 0.3) is 0 Å². The van der Waals surface area contributed by atoms with Crippen LogP contribution < -0.4 is 10.0 Å². The molecule has 1 heterocycles. The van der Waals surface area contributed by atoms with Gasteiger partial charge in [-0.1, -0.05) is 0 Å². The molecule has 3 N–H and O–H groups in total. The number of thioether (sulfide) groups is 1. The zero-order valence-electron chi connectivity index (χ0n) is 11.5. The van der Waals surface area contributed by atoms with Gasteiger partial charge < -0.3 is 5.32 Å². The Balaban J connectivity index is 1.65. The molecule has 0 radical (unpaired) electrons. The van der Waals surface area contributed by atoms with Crippen LogP contribution in [0.2, 0.25) is 0 Å². The van der Waals surface area contributed by atoms with E-state index >= 15 is 0 Å². The van der Waals surface area contributed by atoms with Gasteiger partial charge in [-0.3, -0.25) is 5.10 Å². The van der Waals surface area contributed by atoms with E-state index in [1.807, 2.05) is 6.26 Å². The number of rotatable bonds is 8. The summed E-state index contributed by atoms with van der Waals surface area (Å²) < 4.78 is 27.5. The van der Waals surface area contributed by atoms with E-state index in [1.54, 1.807) is 18.0 Å². The molecule has 0 aliphatic heterocycles. The Bertz CT molecular complexity index is 576. The van der Waals surface area contributed by atoms with Crippen molar-refractivity contribution in [3.8, 4) is 0 Å². The van der Waals surface area contributed by atoms with E-state index in [2.05, 4.69) is 20.2 Å². The summed E-state index contributed by atoms with van der Waals surface area (Å²) in [6.45, 7) is 1.04. The minimum absolute atomic E-state index is 0.111. The van der Waals surface area contributed by atoms with Gasteiger partial charge in [0.25, 0.3) is 10.0 Å². The smallest absolute Gasteiger partial charge is 0.257 e. The number of sulfonamides is 1. The van der Waals surface area contributed by atoms with Crippen LogP contribution in [0, 0.1) is 0 Å². The Morgan fingerprint density at radius 2 is 2.25 bits per heavy atom. The maximum Gasteiger partial charge on any atom is 0.257 e. The fourth-order valence-corrected chi connectivity index (χ4v) is 4.16. The minimum Gasteiger partial charge on any atom is -0.310 e. The van der Waals surface area contributed by atoms with Crippen molar-refractivity contribution in [2.24, 2.45) is 0 Å². The summed E-state index contributed by atoms with van der Waals surface area (Å²) in [6, 6.07) is 0.541. The summed E-state index contributed by atoms with van der Waals surface area (Å²) in [6.07, 6.45) is 8.13. The second-order valence-electron chi connectivity index (χ2n) is 5.59. The van der Waals surface area contributed by atoms with Crippen molar-refractivity contribution < 1.29 is 8.42 Å². The highest BCUT2D eigenvalue weighted by Crippen LogP contribution is 2.46. The van der Waals surface area contributed by atoms with Gasteiger partial charge in [-0.2, -0.15) is 16.9 Å². The Labute approximate surface area is 123 Å². The Hall–Kier alpha value is -0.570. The van der Waals surface area contributed by atoms with Crippen molar-refractivity contribution in [2.45, 2.75) is 48.0 Å². The maximum atomic E-state index is 12.3. The van der Waals surface area contributed by atoms with E-state index in [4.69, 9.17) is 0 Å². The Kier molecular flexibility index (Phi) is 3.83. The average molecular weight is 316 g/mol. The third-order valence-electron chi connectivity index (χ3n) is 3.93. The highest BCUT2D eigenvalue weighted by Gasteiger charge is 2.42. The van der Waals surface area contributed by atoms with E-state index in [-0.39, 0.29) is 9.77 Å². The van der Waals surface area contributed by atoms with Crippen LogP contribution in [0.5, 0.6) is 0 Å². The molecule has 0 spiro atoms. The molecule has 2 aliphatic carbocycles. The second kappa shape index (κ2) is 5.32. The first-order valence-corrected chi connectivity index (χ1v) is 9.56. The molecule has 0 atom stereocenters. The molecule has 6 nitrogen and oxygen atoms in total. The van der Waals surface area contributed by atoms with E-state index in [9.17, 15) is 8.42 Å². The van der Waals surface area contributed by atoms with Crippen molar-refractivity contribution in [3.05, 3.63) is 11.8 Å². The van der Waals surface area contributed by atoms with Crippen molar-refractivity contribution in [1.82, 2.24) is 20.2 Å². The summed E-state index contributed by atoms with van der Waals surface area (Å²) >= 11 is 1.74. The molecule has 2 fully saturated rings. The van der Waals surface area contributed by atoms with E-state index in [0.717, 1.165) is 12.8 Å². The van der Waals surface area contributed by atoms with Gasteiger partial charge in [-0.25, -0.2) is 13.1 Å². The van der Waals surface area contributed by atoms with Crippen LogP contribution in [0.3, 0.4) is 0 Å². The summed E-state index contributed by atoms with van der Waals surface area (Å²) in [4.78, 5) is 0. The first kappa shape index (κ1) is 14.4. The van der Waals surface area contributed by atoms with Crippen LogP contribution in [0.1, 0.15) is 31.2 Å². The topological polar surface area (TPSA) is 86.9 Å². The van der Waals surface area contributed by atoms with Crippen LogP contribution in [-0.2, 0) is 16.6 Å². The second-order valence-corrected chi connectivity index (χ2v) is 8.57. The van der Waals surface area contributed by atoms with Crippen LogP contribution >= 0.6 is 11.8 Å². The number of hydrogen-bond donors (Lipinski definition) is 3. The van der Waals surface area contributed by atoms with Gasteiger partial charge >= 0.3 is 0 Å². The number of H-pyrrole nitrogens is 1. The third kappa shape index (κ3) is 3.19. The molecule has 112 valence electrons. The summed E-state index contributed by atoms with van der Waals surface area (Å²) in [5.41, 5.74) is 0.707. The fraction of sp³-hybridized carbons (Fsp3) is 0.750. The number of nitrogens with zero attached hydrogens (tertiary/aromatic N) is 1. The molecule has 8 heteroatoms. The van der Waals surface area contributed by atoms with Crippen LogP contribution in [0.15, 0.2) is 11.2 Å². The van der Waals surface area contributed by atoms with Gasteiger partial charge in [0.1, 0.15) is 0 Å². The molecule has 0 amide bonds. The van der Waals surface area contributed by atoms with Crippen LogP contribution in [-0.4, -0.2) is 42.2 Å². The first-order chi connectivity index (χ1) is 9.55. The molecular formula is C12H20N4O2S2. The van der Waals surface area contributed by atoms with Gasteiger partial charge in [0.2, 0.25) is 0 Å². The van der Waals surface area contributed by atoms with Crippen molar-refractivity contribution in [2.75, 3.05) is 12.8 Å². The highest BCUT2D eigenvalue weighted by molar-refractivity contribution is 8.00. The normalized spacial score (nSPS) is 21.1. The third-order valence-corrected chi connectivity index (χ3v) is 6.76. The molecule has 0 unspecified atom stereocenters. The fourth-order valence-electron chi connectivity index (χ4n) is 2.09. The van der Waals surface area contributed by atoms with Gasteiger partial charge in [0.05, 0.1) is 6.20 Å². The molecule has 2 aliphatic rings. The molecule has 0 aromatic carbocycles. The minimum atomic E-state index is -3.50. The van der Waals surface area contributed by atoms with Gasteiger partial charge in [0.15, 0.2) is 5.03 Å². The molecule has 0 saturated heterocycles. The zero-order chi connectivity index (χ0) is 14.2. The van der Waals surface area contributed by atoms with E-state index < -0.39 is 10.0 Å². The van der Waals surface area contributed by atoms with Crippen molar-refractivity contribution in [1.29, 1.82) is 0 Å². The number of hydrogen-bond acceptors (Lipinski definition) is 5.